The monoisotopic (exact) mass is 398 g/mol. The number of carboxylic acids is 1. The van der Waals surface area contributed by atoms with E-state index in [1.54, 1.807) is 29.6 Å². The molecular formula is C20H15ClN2O3S. The van der Waals surface area contributed by atoms with E-state index in [1.165, 1.54) is 16.3 Å². The summed E-state index contributed by atoms with van der Waals surface area (Å²) in [5.74, 6) is -1.07. The maximum atomic E-state index is 12.0. The lowest BCUT2D eigenvalue weighted by Gasteiger charge is -2.27. The van der Waals surface area contributed by atoms with E-state index in [0.717, 1.165) is 16.7 Å². The molecule has 27 heavy (non-hydrogen) atoms. The molecule has 0 aliphatic carbocycles. The summed E-state index contributed by atoms with van der Waals surface area (Å²) in [6, 6.07) is 14.9. The molecule has 0 atom stereocenters. The Morgan fingerprint density at radius 3 is 2.30 bits per heavy atom. The van der Waals surface area contributed by atoms with Crippen LogP contribution in [0.5, 0.6) is 0 Å². The Morgan fingerprint density at radius 1 is 1.11 bits per heavy atom. The molecule has 0 bridgehead atoms. The van der Waals surface area contributed by atoms with Gasteiger partial charge in [-0.1, -0.05) is 48.0 Å². The molecule has 0 saturated heterocycles. The van der Waals surface area contributed by atoms with E-state index < -0.39 is 5.97 Å². The summed E-state index contributed by atoms with van der Waals surface area (Å²) in [6.07, 6.45) is 0.676. The smallest absolute Gasteiger partial charge is 0.339 e. The second-order valence-electron chi connectivity index (χ2n) is 6.18. The molecule has 0 fully saturated rings. The van der Waals surface area contributed by atoms with Gasteiger partial charge >= 0.3 is 5.97 Å². The van der Waals surface area contributed by atoms with Crippen LogP contribution in [0.4, 0.5) is 5.00 Å². The summed E-state index contributed by atoms with van der Waals surface area (Å²) in [6.45, 7) is 1.12. The lowest BCUT2D eigenvalue weighted by Crippen LogP contribution is -2.38. The third kappa shape index (κ3) is 3.23. The molecule has 0 spiro atoms. The zero-order valence-electron chi connectivity index (χ0n) is 14.1. The van der Waals surface area contributed by atoms with Crippen molar-refractivity contribution in [2.24, 2.45) is 0 Å². The van der Waals surface area contributed by atoms with Crippen molar-refractivity contribution in [1.29, 1.82) is 0 Å². The number of carboxylic acid groups (broad SMARTS) is 1. The molecule has 0 unspecified atom stereocenters. The van der Waals surface area contributed by atoms with E-state index >= 15 is 0 Å². The van der Waals surface area contributed by atoms with Crippen molar-refractivity contribution in [2.75, 3.05) is 5.01 Å². The highest BCUT2D eigenvalue weighted by Crippen LogP contribution is 2.39. The Morgan fingerprint density at radius 2 is 1.74 bits per heavy atom. The predicted molar refractivity (Wildman–Crippen MR) is 106 cm³/mol. The number of anilines is 1. The molecule has 1 amide bonds. The third-order valence-corrected chi connectivity index (χ3v) is 5.80. The minimum absolute atomic E-state index is 0.116. The molecular weight excluding hydrogens is 384 g/mol. The number of hydrazine groups is 1. The number of thiophene rings is 1. The lowest BCUT2D eigenvalue weighted by atomic mass is 10.0. The van der Waals surface area contributed by atoms with Crippen LogP contribution in [0.1, 0.15) is 21.5 Å². The van der Waals surface area contributed by atoms with Gasteiger partial charge in [0, 0.05) is 29.1 Å². The summed E-state index contributed by atoms with van der Waals surface area (Å²) in [5, 5.41) is 15.8. The van der Waals surface area contributed by atoms with Crippen LogP contribution in [-0.2, 0) is 17.9 Å². The largest absolute Gasteiger partial charge is 0.478 e. The van der Waals surface area contributed by atoms with Gasteiger partial charge in [0.25, 0.3) is 0 Å². The Hall–Kier alpha value is -2.67. The number of hydrogen-bond acceptors (Lipinski definition) is 4. The van der Waals surface area contributed by atoms with Crippen LogP contribution in [0.15, 0.2) is 53.9 Å². The number of carbonyl (C=O) groups excluding carboxylic acids is 1. The first-order valence-corrected chi connectivity index (χ1v) is 9.51. The number of aromatic carboxylic acids is 1. The lowest BCUT2D eigenvalue weighted by molar-refractivity contribution is -0.110. The fourth-order valence-electron chi connectivity index (χ4n) is 3.28. The van der Waals surface area contributed by atoms with Crippen molar-refractivity contribution in [3.8, 4) is 11.1 Å². The van der Waals surface area contributed by atoms with Crippen molar-refractivity contribution < 1.29 is 14.7 Å². The molecule has 136 valence electrons. The van der Waals surface area contributed by atoms with Gasteiger partial charge in [-0.2, -0.15) is 0 Å². The molecule has 0 saturated carbocycles. The topological polar surface area (TPSA) is 60.9 Å². The normalized spacial score (nSPS) is 13.4. The average molecular weight is 399 g/mol. The fraction of sp³-hybridized carbons (Fsp3) is 0.100. The van der Waals surface area contributed by atoms with Gasteiger partial charge in [0.05, 0.1) is 0 Å². The molecule has 1 aliphatic heterocycles. The molecule has 1 aromatic heterocycles. The van der Waals surface area contributed by atoms with Crippen molar-refractivity contribution >= 4 is 40.3 Å². The highest BCUT2D eigenvalue weighted by atomic mass is 35.5. The number of nitrogens with zero attached hydrogens (tertiary/aromatic N) is 2. The first-order chi connectivity index (χ1) is 13.1. The number of carbonyl (C=O) groups is 2. The number of halogens is 1. The number of hydrogen-bond donors (Lipinski definition) is 1. The summed E-state index contributed by atoms with van der Waals surface area (Å²) < 4.78 is 0. The van der Waals surface area contributed by atoms with Crippen LogP contribution in [0.25, 0.3) is 11.1 Å². The second-order valence-corrected chi connectivity index (χ2v) is 7.48. The van der Waals surface area contributed by atoms with Gasteiger partial charge in [0.1, 0.15) is 10.6 Å². The number of benzene rings is 2. The molecule has 1 N–H and O–H groups in total. The van der Waals surface area contributed by atoms with Gasteiger partial charge in [0.2, 0.25) is 6.41 Å². The molecule has 0 radical (unpaired) electrons. The molecule has 7 heteroatoms. The summed E-state index contributed by atoms with van der Waals surface area (Å²) >= 11 is 7.18. The van der Waals surface area contributed by atoms with Crippen molar-refractivity contribution in [3.63, 3.8) is 0 Å². The van der Waals surface area contributed by atoms with E-state index in [0.29, 0.717) is 35.1 Å². The summed E-state index contributed by atoms with van der Waals surface area (Å²) in [4.78, 5) is 23.9. The summed E-state index contributed by atoms with van der Waals surface area (Å²) in [5.41, 5.74) is 3.70. The van der Waals surface area contributed by atoms with Crippen LogP contribution in [-0.4, -0.2) is 22.5 Å². The van der Waals surface area contributed by atoms with E-state index in [4.69, 9.17) is 11.6 Å². The molecule has 3 aromatic rings. The maximum Gasteiger partial charge on any atom is 0.339 e. The molecule has 2 aromatic carbocycles. The van der Waals surface area contributed by atoms with Gasteiger partial charge < -0.3 is 5.11 Å². The highest BCUT2D eigenvalue weighted by molar-refractivity contribution is 7.15. The van der Waals surface area contributed by atoms with Crippen molar-refractivity contribution in [2.45, 2.75) is 13.1 Å². The third-order valence-electron chi connectivity index (χ3n) is 4.58. The van der Waals surface area contributed by atoms with Crippen LogP contribution >= 0.6 is 22.9 Å². The van der Waals surface area contributed by atoms with Crippen LogP contribution in [0, 0.1) is 0 Å². The first-order valence-electron chi connectivity index (χ1n) is 8.25. The van der Waals surface area contributed by atoms with Crippen LogP contribution in [0.3, 0.4) is 0 Å². The minimum atomic E-state index is -1.07. The van der Waals surface area contributed by atoms with Gasteiger partial charge in [-0.3, -0.25) is 4.79 Å². The number of rotatable bonds is 5. The van der Waals surface area contributed by atoms with Crippen LogP contribution in [0.2, 0.25) is 5.02 Å². The van der Waals surface area contributed by atoms with Crippen molar-refractivity contribution in [1.82, 2.24) is 5.01 Å². The quantitative estimate of drug-likeness (QED) is 0.635. The van der Waals surface area contributed by atoms with E-state index in [2.05, 4.69) is 0 Å². The Balaban J connectivity index is 1.73. The van der Waals surface area contributed by atoms with Gasteiger partial charge in [-0.05, 0) is 28.8 Å². The molecule has 4 rings (SSSR count). The predicted octanol–water partition coefficient (Wildman–Crippen LogP) is 4.66. The highest BCUT2D eigenvalue weighted by Gasteiger charge is 2.30. The summed E-state index contributed by atoms with van der Waals surface area (Å²) in [7, 11) is 0. The average Bonchev–Trinajstić information content (AvgIpc) is 3.27. The minimum Gasteiger partial charge on any atom is -0.478 e. The Kier molecular flexibility index (Phi) is 4.70. The van der Waals surface area contributed by atoms with Gasteiger partial charge in [-0.15, -0.1) is 11.3 Å². The fourth-order valence-corrected chi connectivity index (χ4v) is 4.47. The number of amides is 1. The molecule has 5 nitrogen and oxygen atoms in total. The van der Waals surface area contributed by atoms with E-state index in [9.17, 15) is 14.7 Å². The molecule has 2 heterocycles. The SMILES string of the molecule is O=CN(c1scc(-c2ccc(Cl)cc2)c1C(=O)O)N1Cc2ccccc2C1. The zero-order valence-corrected chi connectivity index (χ0v) is 15.7. The van der Waals surface area contributed by atoms with Crippen LogP contribution < -0.4 is 5.01 Å². The Labute approximate surface area is 165 Å². The first kappa shape index (κ1) is 17.7. The maximum absolute atomic E-state index is 12.0. The van der Waals surface area contributed by atoms with Gasteiger partial charge in [-0.25, -0.2) is 14.8 Å². The second kappa shape index (κ2) is 7.15. The molecule has 1 aliphatic rings. The van der Waals surface area contributed by atoms with E-state index in [-0.39, 0.29) is 5.56 Å². The zero-order chi connectivity index (χ0) is 19.0. The van der Waals surface area contributed by atoms with E-state index in [1.807, 2.05) is 29.3 Å². The number of fused-ring (bicyclic) bond motifs is 1. The van der Waals surface area contributed by atoms with Gasteiger partial charge in [0.15, 0.2) is 0 Å². The standard InChI is InChI=1S/C20H15ClN2O3S/c21-16-7-5-13(6-8-16)17-11-27-19(18(17)20(25)26)23(12-24)22-9-14-3-1-2-4-15(14)10-22/h1-8,11-12H,9-10H2,(H,25,26). The Bertz CT molecular complexity index is 991. The van der Waals surface area contributed by atoms with Crippen molar-refractivity contribution in [3.05, 3.63) is 75.6 Å².